The summed E-state index contributed by atoms with van der Waals surface area (Å²) in [6, 6.07) is 2.29. The van der Waals surface area contributed by atoms with Crippen LogP contribution in [0.15, 0.2) is 24.8 Å². The summed E-state index contributed by atoms with van der Waals surface area (Å²) in [6.07, 6.45) is -4.64. The van der Waals surface area contributed by atoms with Gasteiger partial charge >= 0.3 is 6.18 Å². The van der Waals surface area contributed by atoms with Crippen LogP contribution >= 0.6 is 0 Å². The first-order chi connectivity index (χ1) is 7.75. The zero-order valence-corrected chi connectivity index (χ0v) is 8.62. The van der Waals surface area contributed by atoms with E-state index in [0.29, 0.717) is 6.07 Å². The van der Waals surface area contributed by atoms with Crippen LogP contribution < -0.4 is 5.73 Å². The molecule has 1 aromatic rings. The van der Waals surface area contributed by atoms with Gasteiger partial charge in [-0.2, -0.15) is 13.2 Å². The van der Waals surface area contributed by atoms with Gasteiger partial charge in [0.2, 0.25) is 0 Å². The van der Waals surface area contributed by atoms with Gasteiger partial charge < -0.3 is 5.73 Å². The van der Waals surface area contributed by atoms with Crippen LogP contribution in [0, 0.1) is 10.1 Å². The van der Waals surface area contributed by atoms with E-state index in [9.17, 15) is 23.3 Å². The summed E-state index contributed by atoms with van der Waals surface area (Å²) in [5, 5.41) is 10.5. The Morgan fingerprint density at radius 3 is 2.41 bits per heavy atom. The van der Waals surface area contributed by atoms with Crippen LogP contribution in [-0.2, 0) is 6.18 Å². The highest BCUT2D eigenvalue weighted by molar-refractivity contribution is 5.67. The Morgan fingerprint density at radius 2 is 2.00 bits per heavy atom. The molecule has 0 aliphatic rings. The molecular formula is C10H9F3N2O2. The molecule has 0 aliphatic carbocycles. The van der Waals surface area contributed by atoms with Crippen LogP contribution in [0.25, 0.3) is 5.57 Å². The van der Waals surface area contributed by atoms with E-state index in [0.717, 1.165) is 12.1 Å². The highest BCUT2D eigenvalue weighted by atomic mass is 19.4. The van der Waals surface area contributed by atoms with E-state index in [4.69, 9.17) is 5.73 Å². The molecule has 4 nitrogen and oxygen atoms in total. The summed E-state index contributed by atoms with van der Waals surface area (Å²) in [5.41, 5.74) is 3.75. The lowest BCUT2D eigenvalue weighted by Gasteiger charge is -2.09. The van der Waals surface area contributed by atoms with Crippen molar-refractivity contribution in [1.29, 1.82) is 0 Å². The van der Waals surface area contributed by atoms with Gasteiger partial charge in [0, 0.05) is 18.7 Å². The Labute approximate surface area is 94.7 Å². The number of nitrogens with two attached hydrogens (primary N) is 1. The number of alkyl halides is 3. The SMILES string of the molecule is C=C(CN)c1cc([N+](=O)[O-])cc(C(F)(F)F)c1. The number of nitrogens with zero attached hydrogens (tertiary/aromatic N) is 1. The van der Waals surface area contributed by atoms with Crippen molar-refractivity contribution in [2.45, 2.75) is 6.18 Å². The quantitative estimate of drug-likeness (QED) is 0.658. The molecule has 0 aliphatic heterocycles. The standard InChI is InChI=1S/C10H9F3N2O2/c1-6(5-14)7-2-8(10(11,12)13)4-9(3-7)15(16)17/h2-4H,1,5,14H2. The van der Waals surface area contributed by atoms with Crippen molar-refractivity contribution in [3.8, 4) is 0 Å². The minimum Gasteiger partial charge on any atom is -0.326 e. The van der Waals surface area contributed by atoms with Crippen LogP contribution in [0.5, 0.6) is 0 Å². The van der Waals surface area contributed by atoms with Crippen molar-refractivity contribution in [3.05, 3.63) is 46.0 Å². The Bertz CT molecular complexity index is 469. The second-order valence-electron chi connectivity index (χ2n) is 3.33. The molecule has 92 valence electrons. The van der Waals surface area contributed by atoms with Gasteiger partial charge in [0.1, 0.15) is 0 Å². The molecule has 1 rings (SSSR count). The summed E-state index contributed by atoms with van der Waals surface area (Å²) in [4.78, 5) is 9.63. The molecule has 0 bridgehead atoms. The maximum atomic E-state index is 12.5. The third-order valence-electron chi connectivity index (χ3n) is 2.11. The second kappa shape index (κ2) is 4.54. The molecule has 0 radical (unpaired) electrons. The molecule has 2 N–H and O–H groups in total. The average Bonchev–Trinajstić information content (AvgIpc) is 2.26. The molecule has 1 aromatic carbocycles. The van der Waals surface area contributed by atoms with Gasteiger partial charge in [0.15, 0.2) is 0 Å². The van der Waals surface area contributed by atoms with E-state index in [-0.39, 0.29) is 17.7 Å². The van der Waals surface area contributed by atoms with Gasteiger partial charge in [-0.1, -0.05) is 6.58 Å². The van der Waals surface area contributed by atoms with Gasteiger partial charge in [-0.25, -0.2) is 0 Å². The lowest BCUT2D eigenvalue weighted by atomic mass is 10.0. The fraction of sp³-hybridized carbons (Fsp3) is 0.200. The van der Waals surface area contributed by atoms with Crippen molar-refractivity contribution in [1.82, 2.24) is 0 Å². The summed E-state index contributed by atoms with van der Waals surface area (Å²) >= 11 is 0. The second-order valence-corrected chi connectivity index (χ2v) is 3.33. The Morgan fingerprint density at radius 1 is 1.41 bits per heavy atom. The lowest BCUT2D eigenvalue weighted by Crippen LogP contribution is -2.08. The van der Waals surface area contributed by atoms with Crippen LogP contribution in [0.2, 0.25) is 0 Å². The lowest BCUT2D eigenvalue weighted by molar-refractivity contribution is -0.385. The Kier molecular flexibility index (Phi) is 3.52. The van der Waals surface area contributed by atoms with E-state index in [1.54, 1.807) is 0 Å². The summed E-state index contributed by atoms with van der Waals surface area (Å²) < 4.78 is 37.5. The molecule has 0 heterocycles. The van der Waals surface area contributed by atoms with Gasteiger partial charge in [-0.15, -0.1) is 0 Å². The first-order valence-corrected chi connectivity index (χ1v) is 4.50. The van der Waals surface area contributed by atoms with Gasteiger partial charge in [0.25, 0.3) is 5.69 Å². The Hall–Kier alpha value is -1.89. The molecule has 7 heteroatoms. The maximum absolute atomic E-state index is 12.5. The number of hydrogen-bond donors (Lipinski definition) is 1. The highest BCUT2D eigenvalue weighted by Gasteiger charge is 2.32. The van der Waals surface area contributed by atoms with Crippen molar-refractivity contribution >= 4 is 11.3 Å². The molecule has 0 fully saturated rings. The van der Waals surface area contributed by atoms with Crippen LogP contribution in [-0.4, -0.2) is 11.5 Å². The number of rotatable bonds is 3. The van der Waals surface area contributed by atoms with Crippen LogP contribution in [0.3, 0.4) is 0 Å². The summed E-state index contributed by atoms with van der Waals surface area (Å²) in [5.74, 6) is 0. The molecule has 0 spiro atoms. The smallest absolute Gasteiger partial charge is 0.326 e. The van der Waals surface area contributed by atoms with E-state index in [1.807, 2.05) is 0 Å². The maximum Gasteiger partial charge on any atom is 0.416 e. The minimum atomic E-state index is -4.64. The topological polar surface area (TPSA) is 69.2 Å². The molecule has 0 amide bonds. The number of non-ortho nitro benzene ring substituents is 1. The number of hydrogen-bond acceptors (Lipinski definition) is 3. The third-order valence-corrected chi connectivity index (χ3v) is 2.11. The fourth-order valence-corrected chi connectivity index (χ4v) is 1.20. The monoisotopic (exact) mass is 246 g/mol. The zero-order chi connectivity index (χ0) is 13.2. The van der Waals surface area contributed by atoms with Crippen molar-refractivity contribution in [2.24, 2.45) is 5.73 Å². The minimum absolute atomic E-state index is 0.0222. The molecule has 0 unspecified atom stereocenters. The van der Waals surface area contributed by atoms with E-state index >= 15 is 0 Å². The van der Waals surface area contributed by atoms with E-state index < -0.39 is 22.4 Å². The fourth-order valence-electron chi connectivity index (χ4n) is 1.20. The van der Waals surface area contributed by atoms with Crippen molar-refractivity contribution in [3.63, 3.8) is 0 Å². The Balaban J connectivity index is 3.39. The van der Waals surface area contributed by atoms with Gasteiger partial charge in [0.05, 0.1) is 10.5 Å². The number of nitro groups is 1. The molecule has 17 heavy (non-hydrogen) atoms. The zero-order valence-electron chi connectivity index (χ0n) is 8.62. The van der Waals surface area contributed by atoms with Crippen LogP contribution in [0.1, 0.15) is 11.1 Å². The largest absolute Gasteiger partial charge is 0.416 e. The average molecular weight is 246 g/mol. The molecule has 0 saturated carbocycles. The van der Waals surface area contributed by atoms with Gasteiger partial charge in [-0.05, 0) is 17.2 Å². The summed E-state index contributed by atoms with van der Waals surface area (Å²) in [7, 11) is 0. The predicted octanol–water partition coefficient (Wildman–Crippen LogP) is 2.59. The molecule has 0 atom stereocenters. The van der Waals surface area contributed by atoms with E-state index in [1.165, 1.54) is 0 Å². The first kappa shape index (κ1) is 13.2. The molecule has 0 saturated heterocycles. The predicted molar refractivity (Wildman–Crippen MR) is 56.2 cm³/mol. The summed E-state index contributed by atoms with van der Waals surface area (Å²) in [6.45, 7) is 3.38. The van der Waals surface area contributed by atoms with Gasteiger partial charge in [-0.3, -0.25) is 10.1 Å². The number of nitro benzene ring substituents is 1. The number of benzene rings is 1. The van der Waals surface area contributed by atoms with E-state index in [2.05, 4.69) is 6.58 Å². The first-order valence-electron chi connectivity index (χ1n) is 4.50. The van der Waals surface area contributed by atoms with Crippen molar-refractivity contribution in [2.75, 3.05) is 6.54 Å². The van der Waals surface area contributed by atoms with Crippen molar-refractivity contribution < 1.29 is 18.1 Å². The normalized spacial score (nSPS) is 11.3. The molecular weight excluding hydrogens is 237 g/mol. The highest BCUT2D eigenvalue weighted by Crippen LogP contribution is 2.33. The number of halogens is 3. The van der Waals surface area contributed by atoms with Crippen LogP contribution in [0.4, 0.5) is 18.9 Å². The molecule has 0 aromatic heterocycles. The third kappa shape index (κ3) is 3.04.